The van der Waals surface area contributed by atoms with E-state index >= 15 is 0 Å². The molecule has 3 aromatic rings. The molecule has 1 aromatic carbocycles. The van der Waals surface area contributed by atoms with Crippen LogP contribution in [0, 0.1) is 5.82 Å². The van der Waals surface area contributed by atoms with Gasteiger partial charge in [0.05, 0.1) is 18.1 Å². The zero-order valence-corrected chi connectivity index (χ0v) is 11.7. The Balaban J connectivity index is 2.19. The second kappa shape index (κ2) is 5.86. The highest BCUT2D eigenvalue weighted by molar-refractivity contribution is 5.83. The molecular formula is C14H13FN6O. The summed E-state index contributed by atoms with van der Waals surface area (Å²) in [5.41, 5.74) is 1.04. The van der Waals surface area contributed by atoms with Gasteiger partial charge in [0.25, 0.3) is 0 Å². The minimum atomic E-state index is -1.22. The average molecular weight is 300 g/mol. The SMILES string of the molecule is C/C(=C(\c1ccccc1F)C(O)n1cncn1)n1nccn1. The third-order valence-corrected chi connectivity index (χ3v) is 3.22. The molecule has 22 heavy (non-hydrogen) atoms. The lowest BCUT2D eigenvalue weighted by atomic mass is 10.0. The number of aromatic nitrogens is 6. The van der Waals surface area contributed by atoms with Crippen molar-refractivity contribution in [3.05, 3.63) is 60.7 Å². The van der Waals surface area contributed by atoms with E-state index in [-0.39, 0.29) is 5.56 Å². The number of halogens is 1. The summed E-state index contributed by atoms with van der Waals surface area (Å²) in [6.07, 6.45) is 4.44. The molecule has 0 aliphatic heterocycles. The number of benzene rings is 1. The molecule has 2 aromatic heterocycles. The molecule has 0 fully saturated rings. The predicted molar refractivity (Wildman–Crippen MR) is 76.5 cm³/mol. The Morgan fingerprint density at radius 1 is 1.18 bits per heavy atom. The van der Waals surface area contributed by atoms with Crippen LogP contribution >= 0.6 is 0 Å². The summed E-state index contributed by atoms with van der Waals surface area (Å²) in [5.74, 6) is -0.455. The fourth-order valence-corrected chi connectivity index (χ4v) is 2.17. The minimum Gasteiger partial charge on any atom is -0.368 e. The minimum absolute atomic E-state index is 0.250. The molecule has 2 heterocycles. The zero-order chi connectivity index (χ0) is 15.5. The molecule has 0 radical (unpaired) electrons. The zero-order valence-electron chi connectivity index (χ0n) is 11.7. The maximum absolute atomic E-state index is 14.2. The van der Waals surface area contributed by atoms with Crippen molar-refractivity contribution in [1.82, 2.24) is 29.8 Å². The first-order chi connectivity index (χ1) is 10.7. The monoisotopic (exact) mass is 300 g/mol. The Morgan fingerprint density at radius 2 is 1.91 bits per heavy atom. The standard InChI is InChI=1S/C14H13FN6O/c1-10(21-17-6-7-18-21)13(11-4-2-3-5-12(11)15)14(22)20-9-16-8-19-20/h2-9,14,22H,1H3/b13-10-. The number of aliphatic hydroxyl groups excluding tert-OH is 1. The lowest BCUT2D eigenvalue weighted by molar-refractivity contribution is 0.149. The van der Waals surface area contributed by atoms with Gasteiger partial charge in [-0.15, -0.1) is 0 Å². The summed E-state index contributed by atoms with van der Waals surface area (Å²) >= 11 is 0. The number of hydrogen-bond donors (Lipinski definition) is 1. The molecular weight excluding hydrogens is 287 g/mol. The van der Waals surface area contributed by atoms with Crippen LogP contribution in [0.3, 0.4) is 0 Å². The van der Waals surface area contributed by atoms with Crippen molar-refractivity contribution in [1.29, 1.82) is 0 Å². The highest BCUT2D eigenvalue weighted by atomic mass is 19.1. The molecule has 0 saturated carbocycles. The van der Waals surface area contributed by atoms with E-state index in [1.807, 2.05) is 0 Å². The highest BCUT2D eigenvalue weighted by Crippen LogP contribution is 2.31. The summed E-state index contributed by atoms with van der Waals surface area (Å²) in [4.78, 5) is 5.12. The summed E-state index contributed by atoms with van der Waals surface area (Å²) in [5, 5.41) is 22.5. The van der Waals surface area contributed by atoms with Gasteiger partial charge in [-0.1, -0.05) is 18.2 Å². The summed E-state index contributed by atoms with van der Waals surface area (Å²) in [6.45, 7) is 1.70. The van der Waals surface area contributed by atoms with E-state index < -0.39 is 12.0 Å². The Bertz CT molecular complexity index is 782. The summed E-state index contributed by atoms with van der Waals surface area (Å²) in [7, 11) is 0. The van der Waals surface area contributed by atoms with Crippen molar-refractivity contribution in [3.63, 3.8) is 0 Å². The molecule has 3 rings (SSSR count). The van der Waals surface area contributed by atoms with E-state index in [9.17, 15) is 9.50 Å². The van der Waals surface area contributed by atoms with E-state index in [0.717, 1.165) is 0 Å². The van der Waals surface area contributed by atoms with Crippen molar-refractivity contribution >= 4 is 11.3 Å². The number of hydrogen-bond acceptors (Lipinski definition) is 5. The van der Waals surface area contributed by atoms with Crippen LogP contribution in [0.4, 0.5) is 4.39 Å². The molecule has 0 aliphatic carbocycles. The lowest BCUT2D eigenvalue weighted by Gasteiger charge is -2.18. The van der Waals surface area contributed by atoms with Crippen LogP contribution in [0.1, 0.15) is 18.7 Å². The third kappa shape index (κ3) is 2.51. The lowest BCUT2D eigenvalue weighted by Crippen LogP contribution is -2.15. The van der Waals surface area contributed by atoms with E-state index in [1.54, 1.807) is 25.1 Å². The second-order valence-electron chi connectivity index (χ2n) is 4.55. The van der Waals surface area contributed by atoms with E-state index in [1.165, 1.54) is 40.6 Å². The molecule has 0 saturated heterocycles. The number of rotatable bonds is 4. The number of allylic oxidation sites excluding steroid dienone is 1. The van der Waals surface area contributed by atoms with Crippen LogP contribution in [-0.2, 0) is 0 Å². The maximum Gasteiger partial charge on any atom is 0.177 e. The molecule has 112 valence electrons. The Hall–Kier alpha value is -2.87. The van der Waals surface area contributed by atoms with Crippen LogP contribution in [-0.4, -0.2) is 34.9 Å². The van der Waals surface area contributed by atoms with Crippen LogP contribution < -0.4 is 0 Å². The molecule has 8 heteroatoms. The Labute approximate surface area is 125 Å². The smallest absolute Gasteiger partial charge is 0.177 e. The summed E-state index contributed by atoms with van der Waals surface area (Å²) < 4.78 is 15.4. The third-order valence-electron chi connectivity index (χ3n) is 3.22. The highest BCUT2D eigenvalue weighted by Gasteiger charge is 2.22. The van der Waals surface area contributed by atoms with E-state index in [4.69, 9.17) is 0 Å². The van der Waals surface area contributed by atoms with Gasteiger partial charge in [0.1, 0.15) is 18.5 Å². The van der Waals surface area contributed by atoms with Gasteiger partial charge in [0.15, 0.2) is 6.23 Å². The molecule has 7 nitrogen and oxygen atoms in total. The largest absolute Gasteiger partial charge is 0.368 e. The van der Waals surface area contributed by atoms with Crippen LogP contribution in [0.25, 0.3) is 11.3 Å². The van der Waals surface area contributed by atoms with Crippen molar-refractivity contribution in [2.45, 2.75) is 13.2 Å². The Kier molecular flexibility index (Phi) is 3.75. The van der Waals surface area contributed by atoms with E-state index in [2.05, 4.69) is 20.3 Å². The van der Waals surface area contributed by atoms with Gasteiger partial charge in [-0.05, 0) is 13.0 Å². The second-order valence-corrected chi connectivity index (χ2v) is 4.55. The first-order valence-corrected chi connectivity index (χ1v) is 6.53. The van der Waals surface area contributed by atoms with Gasteiger partial charge in [-0.2, -0.15) is 20.1 Å². The van der Waals surface area contributed by atoms with Crippen molar-refractivity contribution in [2.24, 2.45) is 0 Å². The molecule has 0 aliphatic rings. The van der Waals surface area contributed by atoms with Crippen molar-refractivity contribution in [2.75, 3.05) is 0 Å². The number of aliphatic hydroxyl groups is 1. The van der Waals surface area contributed by atoms with E-state index in [0.29, 0.717) is 11.3 Å². The topological polar surface area (TPSA) is 81.6 Å². The van der Waals surface area contributed by atoms with Crippen LogP contribution in [0.5, 0.6) is 0 Å². The Morgan fingerprint density at radius 3 is 2.55 bits per heavy atom. The quantitative estimate of drug-likeness (QED) is 0.791. The maximum atomic E-state index is 14.2. The first kappa shape index (κ1) is 14.1. The van der Waals surface area contributed by atoms with Gasteiger partial charge in [-0.25, -0.2) is 14.1 Å². The van der Waals surface area contributed by atoms with Gasteiger partial charge in [0, 0.05) is 11.1 Å². The molecule has 0 bridgehead atoms. The normalized spacial score (nSPS) is 13.8. The van der Waals surface area contributed by atoms with Gasteiger partial charge < -0.3 is 5.11 Å². The molecule has 0 spiro atoms. The molecule has 1 N–H and O–H groups in total. The number of nitrogens with zero attached hydrogens (tertiary/aromatic N) is 6. The molecule has 1 unspecified atom stereocenters. The van der Waals surface area contributed by atoms with Crippen LogP contribution in [0.2, 0.25) is 0 Å². The van der Waals surface area contributed by atoms with Gasteiger partial charge >= 0.3 is 0 Å². The molecule has 1 atom stereocenters. The fourth-order valence-electron chi connectivity index (χ4n) is 2.17. The van der Waals surface area contributed by atoms with Crippen molar-refractivity contribution in [3.8, 4) is 0 Å². The predicted octanol–water partition coefficient (Wildman–Crippen LogP) is 1.59. The average Bonchev–Trinajstić information content (AvgIpc) is 3.22. The van der Waals surface area contributed by atoms with Gasteiger partial charge in [0.2, 0.25) is 0 Å². The first-order valence-electron chi connectivity index (χ1n) is 6.53. The summed E-state index contributed by atoms with van der Waals surface area (Å²) in [6, 6.07) is 6.18. The van der Waals surface area contributed by atoms with Crippen molar-refractivity contribution < 1.29 is 9.50 Å². The fraction of sp³-hybridized carbons (Fsp3) is 0.143. The van der Waals surface area contributed by atoms with Crippen LogP contribution in [0.15, 0.2) is 49.3 Å². The van der Waals surface area contributed by atoms with Gasteiger partial charge in [-0.3, -0.25) is 0 Å². The molecule has 0 amide bonds.